The third-order valence-electron chi connectivity index (χ3n) is 2.75. The summed E-state index contributed by atoms with van der Waals surface area (Å²) in [6, 6.07) is 5.39. The Morgan fingerprint density at radius 3 is 2.72 bits per heavy atom. The zero-order valence-corrected chi connectivity index (χ0v) is 11.1. The Hall–Kier alpha value is -1.11. The molecule has 0 spiro atoms. The normalized spacial score (nSPS) is 18.7. The van der Waals surface area contributed by atoms with Crippen molar-refractivity contribution in [1.29, 1.82) is 0 Å². The number of ether oxygens (including phenoxy) is 2. The molecule has 100 valence electrons. The van der Waals surface area contributed by atoms with Crippen LogP contribution in [-0.2, 0) is 26.9 Å². The lowest BCUT2D eigenvalue weighted by atomic mass is 10.1. The predicted molar refractivity (Wildman–Crippen MR) is 67.9 cm³/mol. The molecular weight excluding hydrogens is 254 g/mol. The van der Waals surface area contributed by atoms with Crippen molar-refractivity contribution in [1.82, 2.24) is 0 Å². The maximum absolute atomic E-state index is 11.1. The predicted octanol–water partition coefficient (Wildman–Crippen LogP) is 0.815. The standard InChI is InChI=1S/C12H17NO4S/c1-2-9-5-11(16-6-12-7-17-12)4-3-10(9)8-18(13,14)15/h3-5,12H,2,6-8H2,1H3,(H2,13,14,15). The van der Waals surface area contributed by atoms with Crippen LogP contribution < -0.4 is 9.88 Å². The lowest BCUT2D eigenvalue weighted by Gasteiger charge is -2.10. The molecule has 5 nitrogen and oxygen atoms in total. The summed E-state index contributed by atoms with van der Waals surface area (Å²) in [4.78, 5) is 0. The molecule has 18 heavy (non-hydrogen) atoms. The molecule has 1 heterocycles. The highest BCUT2D eigenvalue weighted by Crippen LogP contribution is 2.21. The minimum atomic E-state index is -3.50. The van der Waals surface area contributed by atoms with Gasteiger partial charge in [0, 0.05) is 0 Å². The second-order valence-corrected chi connectivity index (χ2v) is 5.97. The number of epoxide rings is 1. The second kappa shape index (κ2) is 5.26. The van der Waals surface area contributed by atoms with E-state index in [0.717, 1.165) is 29.9 Å². The van der Waals surface area contributed by atoms with E-state index < -0.39 is 10.0 Å². The van der Waals surface area contributed by atoms with E-state index in [1.807, 2.05) is 13.0 Å². The molecule has 1 atom stereocenters. The molecule has 0 aromatic heterocycles. The summed E-state index contributed by atoms with van der Waals surface area (Å²) in [5.41, 5.74) is 1.67. The van der Waals surface area contributed by atoms with Crippen LogP contribution in [0.15, 0.2) is 18.2 Å². The molecule has 0 radical (unpaired) electrons. The van der Waals surface area contributed by atoms with E-state index in [0.29, 0.717) is 6.61 Å². The largest absolute Gasteiger partial charge is 0.491 e. The van der Waals surface area contributed by atoms with Gasteiger partial charge in [0.1, 0.15) is 18.5 Å². The van der Waals surface area contributed by atoms with Crippen LogP contribution in [0.4, 0.5) is 0 Å². The Balaban J connectivity index is 2.11. The number of nitrogens with two attached hydrogens (primary N) is 1. The molecule has 1 unspecified atom stereocenters. The van der Waals surface area contributed by atoms with Gasteiger partial charge in [-0.2, -0.15) is 0 Å². The zero-order chi connectivity index (χ0) is 13.2. The van der Waals surface area contributed by atoms with E-state index in [2.05, 4.69) is 0 Å². The number of rotatable bonds is 6. The Kier molecular flexibility index (Phi) is 3.89. The first-order chi connectivity index (χ1) is 8.48. The van der Waals surface area contributed by atoms with Crippen molar-refractivity contribution >= 4 is 10.0 Å². The third kappa shape index (κ3) is 3.97. The van der Waals surface area contributed by atoms with E-state index in [1.165, 1.54) is 0 Å². The van der Waals surface area contributed by atoms with Gasteiger partial charge in [0.25, 0.3) is 0 Å². The summed E-state index contributed by atoms with van der Waals surface area (Å²) in [5.74, 6) is 0.600. The fourth-order valence-corrected chi connectivity index (χ4v) is 2.45. The maximum Gasteiger partial charge on any atom is 0.213 e. The van der Waals surface area contributed by atoms with Crippen LogP contribution in [-0.4, -0.2) is 27.7 Å². The van der Waals surface area contributed by atoms with E-state index >= 15 is 0 Å². The zero-order valence-electron chi connectivity index (χ0n) is 10.3. The van der Waals surface area contributed by atoms with Crippen LogP contribution in [0, 0.1) is 0 Å². The van der Waals surface area contributed by atoms with Gasteiger partial charge in [0.05, 0.1) is 12.4 Å². The Morgan fingerprint density at radius 2 is 2.17 bits per heavy atom. The molecule has 0 aliphatic carbocycles. The van der Waals surface area contributed by atoms with Crippen molar-refractivity contribution in [2.24, 2.45) is 5.14 Å². The molecule has 1 fully saturated rings. The van der Waals surface area contributed by atoms with Crippen molar-refractivity contribution in [3.63, 3.8) is 0 Å². The van der Waals surface area contributed by atoms with Crippen LogP contribution in [0.5, 0.6) is 5.75 Å². The molecule has 0 amide bonds. The Bertz CT molecular complexity index is 523. The third-order valence-corrected chi connectivity index (χ3v) is 3.47. The first kappa shape index (κ1) is 13.3. The SMILES string of the molecule is CCc1cc(OCC2CO2)ccc1CS(N)(=O)=O. The minimum absolute atomic E-state index is 0.137. The summed E-state index contributed by atoms with van der Waals surface area (Å²) < 4.78 is 32.8. The molecule has 0 bridgehead atoms. The summed E-state index contributed by atoms with van der Waals surface area (Å²) in [7, 11) is -3.50. The van der Waals surface area contributed by atoms with E-state index in [-0.39, 0.29) is 11.9 Å². The number of hydrogen-bond acceptors (Lipinski definition) is 4. The van der Waals surface area contributed by atoms with Crippen LogP contribution >= 0.6 is 0 Å². The molecule has 1 aliphatic heterocycles. The topological polar surface area (TPSA) is 81.9 Å². The minimum Gasteiger partial charge on any atom is -0.491 e. The first-order valence-corrected chi connectivity index (χ1v) is 7.56. The molecule has 0 saturated carbocycles. The molecular formula is C12H17NO4S. The number of primary sulfonamides is 1. The molecule has 2 N–H and O–H groups in total. The van der Waals surface area contributed by atoms with Crippen molar-refractivity contribution in [3.8, 4) is 5.75 Å². The van der Waals surface area contributed by atoms with Crippen molar-refractivity contribution < 1.29 is 17.9 Å². The van der Waals surface area contributed by atoms with Crippen LogP contribution in [0.3, 0.4) is 0 Å². The molecule has 1 aromatic carbocycles. The van der Waals surface area contributed by atoms with Crippen molar-refractivity contribution in [2.45, 2.75) is 25.2 Å². The van der Waals surface area contributed by atoms with Gasteiger partial charge >= 0.3 is 0 Å². The summed E-state index contributed by atoms with van der Waals surface area (Å²) in [5, 5.41) is 5.06. The first-order valence-electron chi connectivity index (χ1n) is 5.84. The quantitative estimate of drug-likeness (QED) is 0.776. The average Bonchev–Trinajstić information content (AvgIpc) is 3.09. The van der Waals surface area contributed by atoms with Gasteiger partial charge in [-0.25, -0.2) is 13.6 Å². The molecule has 1 saturated heterocycles. The fourth-order valence-electron chi connectivity index (χ4n) is 1.73. The summed E-state index contributed by atoms with van der Waals surface area (Å²) in [6.45, 7) is 3.26. The van der Waals surface area contributed by atoms with Gasteiger partial charge in [-0.3, -0.25) is 0 Å². The van der Waals surface area contributed by atoms with Gasteiger partial charge in [-0.05, 0) is 29.7 Å². The van der Waals surface area contributed by atoms with Gasteiger partial charge in [0.2, 0.25) is 10.0 Å². The van der Waals surface area contributed by atoms with Crippen molar-refractivity contribution in [2.75, 3.05) is 13.2 Å². The second-order valence-electron chi connectivity index (χ2n) is 4.36. The highest BCUT2D eigenvalue weighted by molar-refractivity contribution is 7.88. The highest BCUT2D eigenvalue weighted by Gasteiger charge is 2.23. The van der Waals surface area contributed by atoms with Gasteiger partial charge < -0.3 is 9.47 Å². The van der Waals surface area contributed by atoms with E-state index in [1.54, 1.807) is 12.1 Å². The fraction of sp³-hybridized carbons (Fsp3) is 0.500. The molecule has 2 rings (SSSR count). The van der Waals surface area contributed by atoms with Crippen LogP contribution in [0.25, 0.3) is 0 Å². The smallest absolute Gasteiger partial charge is 0.213 e. The van der Waals surface area contributed by atoms with Gasteiger partial charge in [-0.15, -0.1) is 0 Å². The number of sulfonamides is 1. The van der Waals surface area contributed by atoms with Crippen LogP contribution in [0.1, 0.15) is 18.1 Å². The van der Waals surface area contributed by atoms with E-state index in [4.69, 9.17) is 14.6 Å². The summed E-state index contributed by atoms with van der Waals surface area (Å²) >= 11 is 0. The number of hydrogen-bond donors (Lipinski definition) is 1. The van der Waals surface area contributed by atoms with Crippen molar-refractivity contribution in [3.05, 3.63) is 29.3 Å². The monoisotopic (exact) mass is 271 g/mol. The molecule has 6 heteroatoms. The Morgan fingerprint density at radius 1 is 1.44 bits per heavy atom. The Labute approximate surface area is 107 Å². The molecule has 1 aromatic rings. The maximum atomic E-state index is 11.1. The van der Waals surface area contributed by atoms with Crippen LogP contribution in [0.2, 0.25) is 0 Å². The lowest BCUT2D eigenvalue weighted by Crippen LogP contribution is -2.15. The highest BCUT2D eigenvalue weighted by atomic mass is 32.2. The van der Waals surface area contributed by atoms with E-state index in [9.17, 15) is 8.42 Å². The van der Waals surface area contributed by atoms with Gasteiger partial charge in [0.15, 0.2) is 0 Å². The summed E-state index contributed by atoms with van der Waals surface area (Å²) in [6.07, 6.45) is 0.946. The molecule has 1 aliphatic rings. The lowest BCUT2D eigenvalue weighted by molar-refractivity contribution is 0.263. The van der Waals surface area contributed by atoms with Gasteiger partial charge in [-0.1, -0.05) is 13.0 Å². The number of benzene rings is 1. The number of aryl methyl sites for hydroxylation is 1. The average molecular weight is 271 g/mol.